The van der Waals surface area contributed by atoms with Gasteiger partial charge in [0, 0.05) is 25.2 Å². The maximum Gasteiger partial charge on any atom is 0.153 e. The van der Waals surface area contributed by atoms with Gasteiger partial charge in [0.15, 0.2) is 5.82 Å². The molecule has 1 N–H and O–H groups in total. The van der Waals surface area contributed by atoms with Crippen LogP contribution in [0, 0.1) is 24.4 Å². The number of aromatic nitrogens is 3. The molecule has 0 amide bonds. The van der Waals surface area contributed by atoms with Gasteiger partial charge in [0.25, 0.3) is 0 Å². The Kier molecular flexibility index (Phi) is 4.24. The highest BCUT2D eigenvalue weighted by Gasteiger charge is 2.13. The Morgan fingerprint density at radius 3 is 2.38 bits per heavy atom. The van der Waals surface area contributed by atoms with Crippen LogP contribution in [0.3, 0.4) is 0 Å². The molecule has 4 nitrogen and oxygen atoms in total. The Balaban J connectivity index is 1.82. The van der Waals surface area contributed by atoms with Crippen molar-refractivity contribution in [3.05, 3.63) is 65.2 Å². The molecule has 0 spiro atoms. The zero-order valence-electron chi connectivity index (χ0n) is 13.1. The Hall–Kier alpha value is -2.83. The van der Waals surface area contributed by atoms with Crippen LogP contribution in [0.25, 0.3) is 11.4 Å². The number of nitrogens with zero attached hydrogens (tertiary/aromatic N) is 3. The molecule has 0 saturated carbocycles. The minimum absolute atomic E-state index is 0.107. The molecule has 3 aromatic rings. The molecule has 2 aromatic heterocycles. The quantitative estimate of drug-likeness (QED) is 0.790. The average molecular weight is 332 g/mol. The molecule has 2 heterocycles. The average Bonchev–Trinajstić information content (AvgIpc) is 2.85. The van der Waals surface area contributed by atoms with Crippen LogP contribution in [-0.2, 0) is 13.6 Å². The van der Waals surface area contributed by atoms with Crippen molar-refractivity contribution in [1.82, 2.24) is 14.8 Å². The van der Waals surface area contributed by atoms with E-state index in [0.29, 0.717) is 11.4 Å². The Morgan fingerprint density at radius 2 is 1.79 bits per heavy atom. The van der Waals surface area contributed by atoms with Gasteiger partial charge >= 0.3 is 0 Å². The molecule has 0 bridgehead atoms. The van der Waals surface area contributed by atoms with E-state index in [0.717, 1.165) is 5.69 Å². The summed E-state index contributed by atoms with van der Waals surface area (Å²) in [5, 5.41) is 6.93. The molecule has 0 atom stereocenters. The molecular formula is C17H15F3N4. The van der Waals surface area contributed by atoms with Crippen molar-refractivity contribution in [2.75, 3.05) is 5.32 Å². The molecule has 3 rings (SSSR count). The largest absolute Gasteiger partial charge is 0.379 e. The summed E-state index contributed by atoms with van der Waals surface area (Å²) in [7, 11) is 1.70. The van der Waals surface area contributed by atoms with E-state index in [1.54, 1.807) is 24.7 Å². The van der Waals surface area contributed by atoms with Crippen LogP contribution in [0.1, 0.15) is 11.3 Å². The SMILES string of the molecule is Cc1cc(-c2ncc(NCc3c(F)cccc3F)cc2F)n(C)n1. The van der Waals surface area contributed by atoms with Crippen LogP contribution >= 0.6 is 0 Å². The minimum atomic E-state index is -0.655. The summed E-state index contributed by atoms with van der Waals surface area (Å²) in [6.45, 7) is 1.70. The summed E-state index contributed by atoms with van der Waals surface area (Å²) < 4.78 is 43.0. The summed E-state index contributed by atoms with van der Waals surface area (Å²) in [6.07, 6.45) is 1.42. The first kappa shape index (κ1) is 16.0. The monoisotopic (exact) mass is 332 g/mol. The lowest BCUT2D eigenvalue weighted by Gasteiger charge is -2.10. The van der Waals surface area contributed by atoms with Gasteiger partial charge < -0.3 is 5.32 Å². The molecule has 0 aliphatic heterocycles. The number of halogens is 3. The van der Waals surface area contributed by atoms with E-state index < -0.39 is 17.5 Å². The molecule has 24 heavy (non-hydrogen) atoms. The van der Waals surface area contributed by atoms with Crippen LogP contribution in [0.4, 0.5) is 18.9 Å². The van der Waals surface area contributed by atoms with E-state index in [-0.39, 0.29) is 17.8 Å². The van der Waals surface area contributed by atoms with Gasteiger partial charge in [-0.15, -0.1) is 0 Å². The Labute approximate surface area is 137 Å². The third kappa shape index (κ3) is 3.10. The fourth-order valence-corrected chi connectivity index (χ4v) is 2.45. The maximum absolute atomic E-state index is 14.3. The van der Waals surface area contributed by atoms with Crippen LogP contribution in [0.15, 0.2) is 36.5 Å². The predicted molar refractivity (Wildman–Crippen MR) is 84.8 cm³/mol. The second kappa shape index (κ2) is 6.35. The van der Waals surface area contributed by atoms with Gasteiger partial charge in [-0.25, -0.2) is 18.2 Å². The third-order valence-electron chi connectivity index (χ3n) is 3.62. The molecule has 0 saturated heterocycles. The van der Waals surface area contributed by atoms with Crippen LogP contribution in [0.2, 0.25) is 0 Å². The number of aryl methyl sites for hydroxylation is 2. The van der Waals surface area contributed by atoms with Crippen molar-refractivity contribution in [3.63, 3.8) is 0 Å². The van der Waals surface area contributed by atoms with Crippen LogP contribution in [0.5, 0.6) is 0 Å². The zero-order chi connectivity index (χ0) is 17.3. The van der Waals surface area contributed by atoms with Crippen LogP contribution in [-0.4, -0.2) is 14.8 Å². The van der Waals surface area contributed by atoms with Gasteiger partial charge in [-0.1, -0.05) is 6.07 Å². The standard InChI is InChI=1S/C17H15F3N4/c1-10-6-16(24(2)23-10)17-15(20)7-11(8-22-17)21-9-12-13(18)4-3-5-14(12)19/h3-8,21H,9H2,1-2H3. The number of anilines is 1. The highest BCUT2D eigenvalue weighted by molar-refractivity contribution is 5.59. The number of rotatable bonds is 4. The second-order valence-corrected chi connectivity index (χ2v) is 5.40. The van der Waals surface area contributed by atoms with Crippen molar-refractivity contribution in [3.8, 4) is 11.4 Å². The summed E-state index contributed by atoms with van der Waals surface area (Å²) in [5.41, 5.74) is 1.70. The molecule has 0 aliphatic rings. The third-order valence-corrected chi connectivity index (χ3v) is 3.62. The second-order valence-electron chi connectivity index (χ2n) is 5.40. The predicted octanol–water partition coefficient (Wildman–Crippen LogP) is 3.82. The highest BCUT2D eigenvalue weighted by Crippen LogP contribution is 2.23. The molecule has 124 valence electrons. The van der Waals surface area contributed by atoms with Crippen molar-refractivity contribution in [2.24, 2.45) is 7.05 Å². The fourth-order valence-electron chi connectivity index (χ4n) is 2.45. The number of hydrogen-bond donors (Lipinski definition) is 1. The number of pyridine rings is 1. The molecule has 0 fully saturated rings. The summed E-state index contributed by atoms with van der Waals surface area (Å²) in [5.74, 6) is -1.85. The summed E-state index contributed by atoms with van der Waals surface area (Å²) in [4.78, 5) is 4.09. The first-order valence-corrected chi connectivity index (χ1v) is 7.29. The van der Waals surface area contributed by atoms with Gasteiger partial charge in [0.1, 0.15) is 17.3 Å². The van der Waals surface area contributed by atoms with Crippen LogP contribution < -0.4 is 5.32 Å². The fraction of sp³-hybridized carbons (Fsp3) is 0.176. The Morgan fingerprint density at radius 1 is 1.08 bits per heavy atom. The van der Waals surface area contributed by atoms with E-state index in [2.05, 4.69) is 15.4 Å². The van der Waals surface area contributed by atoms with E-state index in [1.807, 2.05) is 0 Å². The van der Waals surface area contributed by atoms with Gasteiger partial charge in [-0.3, -0.25) is 4.68 Å². The van der Waals surface area contributed by atoms with Gasteiger partial charge in [0.2, 0.25) is 0 Å². The topological polar surface area (TPSA) is 42.7 Å². The number of hydrogen-bond acceptors (Lipinski definition) is 3. The molecule has 0 radical (unpaired) electrons. The summed E-state index contributed by atoms with van der Waals surface area (Å²) >= 11 is 0. The normalized spacial score (nSPS) is 10.9. The molecule has 7 heteroatoms. The van der Waals surface area contributed by atoms with E-state index >= 15 is 0 Å². The van der Waals surface area contributed by atoms with E-state index in [1.165, 1.54) is 30.5 Å². The van der Waals surface area contributed by atoms with Gasteiger partial charge in [0.05, 0.1) is 23.3 Å². The molecule has 1 aromatic carbocycles. The van der Waals surface area contributed by atoms with Crippen molar-refractivity contribution in [2.45, 2.75) is 13.5 Å². The first-order chi connectivity index (χ1) is 11.5. The number of benzene rings is 1. The molecule has 0 unspecified atom stereocenters. The van der Waals surface area contributed by atoms with Gasteiger partial charge in [-0.05, 0) is 25.1 Å². The Bertz CT molecular complexity index is 869. The highest BCUT2D eigenvalue weighted by atomic mass is 19.1. The molecular weight excluding hydrogens is 317 g/mol. The lowest BCUT2D eigenvalue weighted by Crippen LogP contribution is -2.06. The first-order valence-electron chi connectivity index (χ1n) is 7.29. The van der Waals surface area contributed by atoms with E-state index in [4.69, 9.17) is 0 Å². The van der Waals surface area contributed by atoms with E-state index in [9.17, 15) is 13.2 Å². The van der Waals surface area contributed by atoms with Crippen molar-refractivity contribution in [1.29, 1.82) is 0 Å². The zero-order valence-corrected chi connectivity index (χ0v) is 13.1. The van der Waals surface area contributed by atoms with Crippen molar-refractivity contribution < 1.29 is 13.2 Å². The minimum Gasteiger partial charge on any atom is -0.379 e. The molecule has 0 aliphatic carbocycles. The smallest absolute Gasteiger partial charge is 0.153 e. The number of nitrogens with one attached hydrogen (secondary N) is 1. The lowest BCUT2D eigenvalue weighted by atomic mass is 10.2. The summed E-state index contributed by atoms with van der Waals surface area (Å²) in [6, 6.07) is 6.61. The van der Waals surface area contributed by atoms with Gasteiger partial charge in [-0.2, -0.15) is 5.10 Å². The van der Waals surface area contributed by atoms with Crippen molar-refractivity contribution >= 4 is 5.69 Å². The maximum atomic E-state index is 14.3. The lowest BCUT2D eigenvalue weighted by molar-refractivity contribution is 0.560.